The smallest absolute Gasteiger partial charge is 0.181 e. The predicted octanol–water partition coefficient (Wildman–Crippen LogP) is 3.32. The Morgan fingerprint density at radius 3 is 1.93 bits per heavy atom. The molecule has 0 saturated heterocycles. The molecule has 0 spiro atoms. The summed E-state index contributed by atoms with van der Waals surface area (Å²) in [4.78, 5) is 1.33. The maximum absolute atomic E-state index is 3.49. The van der Waals surface area contributed by atoms with Crippen LogP contribution in [0.3, 0.4) is 0 Å². The van der Waals surface area contributed by atoms with Crippen molar-refractivity contribution in [2.24, 2.45) is 0 Å². The van der Waals surface area contributed by atoms with Crippen LogP contribution in [0.2, 0.25) is 0 Å². The molecule has 0 aromatic heterocycles. The normalized spacial score (nSPS) is 12.1. The van der Waals surface area contributed by atoms with E-state index in [4.69, 9.17) is 0 Å². The highest BCUT2D eigenvalue weighted by Gasteiger charge is 2.14. The molecule has 2 aromatic rings. The molecule has 0 aliphatic heterocycles. The Morgan fingerprint density at radius 2 is 1.33 bits per heavy atom. The van der Waals surface area contributed by atoms with Crippen molar-refractivity contribution in [3.05, 3.63) is 60.7 Å². The zero-order chi connectivity index (χ0) is 10.5. The van der Waals surface area contributed by atoms with Gasteiger partial charge in [0.15, 0.2) is 4.90 Å². The lowest BCUT2D eigenvalue weighted by molar-refractivity contribution is 1.45. The second-order valence-electron chi connectivity index (χ2n) is 3.29. The summed E-state index contributed by atoms with van der Waals surface area (Å²) in [5.41, 5.74) is 1.17. The molecule has 0 saturated carbocycles. The Hall–Kier alpha value is -1.41. The molecule has 15 heavy (non-hydrogen) atoms. The molecule has 1 unspecified atom stereocenters. The van der Waals surface area contributed by atoms with E-state index >= 15 is 0 Å². The summed E-state index contributed by atoms with van der Waals surface area (Å²) in [7, 11) is 0. The van der Waals surface area contributed by atoms with Crippen molar-refractivity contribution < 1.29 is 0 Å². The molecule has 0 bridgehead atoms. The third-order valence-electron chi connectivity index (χ3n) is 2.14. The van der Waals surface area contributed by atoms with Gasteiger partial charge in [-0.05, 0) is 24.3 Å². The van der Waals surface area contributed by atoms with Gasteiger partial charge in [-0.1, -0.05) is 36.4 Å². The lowest BCUT2D eigenvalue weighted by atomic mass is 10.3. The van der Waals surface area contributed by atoms with E-state index in [-0.39, 0.29) is 11.1 Å². The number of hydrogen-bond donors (Lipinski definition) is 1. The van der Waals surface area contributed by atoms with E-state index in [0.717, 1.165) is 0 Å². The molecule has 2 rings (SSSR count). The van der Waals surface area contributed by atoms with Crippen molar-refractivity contribution in [3.63, 3.8) is 0 Å². The number of rotatable bonds is 3. The predicted molar refractivity (Wildman–Crippen MR) is 68.1 cm³/mol. The lowest BCUT2D eigenvalue weighted by Gasteiger charge is -2.04. The third-order valence-corrected chi connectivity index (χ3v) is 3.66. The fourth-order valence-electron chi connectivity index (χ4n) is 1.37. The van der Waals surface area contributed by atoms with Crippen molar-refractivity contribution in [2.75, 3.05) is 11.0 Å². The van der Waals surface area contributed by atoms with Crippen molar-refractivity contribution in [3.8, 4) is 0 Å². The Morgan fingerprint density at radius 1 is 0.800 bits per heavy atom. The van der Waals surface area contributed by atoms with Crippen LogP contribution >= 0.6 is 0 Å². The summed E-state index contributed by atoms with van der Waals surface area (Å²) in [6.07, 6.45) is 2.20. The van der Waals surface area contributed by atoms with E-state index in [9.17, 15) is 0 Å². The first-order chi connectivity index (χ1) is 7.36. The summed E-state index contributed by atoms with van der Waals surface area (Å²) in [5, 5.41) is 0. The van der Waals surface area contributed by atoms with Gasteiger partial charge >= 0.3 is 0 Å². The van der Waals surface area contributed by atoms with E-state index in [2.05, 4.69) is 47.4 Å². The number of anilines is 1. The van der Waals surface area contributed by atoms with E-state index in [1.807, 2.05) is 24.3 Å². The van der Waals surface area contributed by atoms with Gasteiger partial charge in [-0.25, -0.2) is 4.72 Å². The van der Waals surface area contributed by atoms with Crippen LogP contribution in [0.1, 0.15) is 0 Å². The molecule has 2 aromatic carbocycles. The van der Waals surface area contributed by atoms with Crippen LogP contribution in [0.25, 0.3) is 0 Å². The first-order valence-corrected chi connectivity index (χ1v) is 6.52. The van der Waals surface area contributed by atoms with Gasteiger partial charge in [0.1, 0.15) is 17.3 Å². The second kappa shape index (κ2) is 4.89. The molecule has 0 radical (unpaired) electrons. The monoisotopic (exact) mass is 216 g/mol. The van der Waals surface area contributed by atoms with Crippen molar-refractivity contribution >= 4 is 16.8 Å². The van der Waals surface area contributed by atoms with Crippen molar-refractivity contribution in [1.29, 1.82) is 0 Å². The lowest BCUT2D eigenvalue weighted by Crippen LogP contribution is -2.11. The highest BCUT2D eigenvalue weighted by atomic mass is 32.2. The Kier molecular flexibility index (Phi) is 3.30. The van der Waals surface area contributed by atoms with Crippen molar-refractivity contribution in [2.45, 2.75) is 4.90 Å². The van der Waals surface area contributed by atoms with Crippen LogP contribution in [0.15, 0.2) is 65.6 Å². The largest absolute Gasteiger partial charge is 0.202 e. The van der Waals surface area contributed by atoms with Crippen LogP contribution in [-0.4, -0.2) is 6.26 Å². The quantitative estimate of drug-likeness (QED) is 0.776. The molecule has 1 nitrogen and oxygen atoms in total. The second-order valence-corrected chi connectivity index (χ2v) is 4.99. The average molecular weight is 216 g/mol. The average Bonchev–Trinajstić information content (AvgIpc) is 2.31. The summed E-state index contributed by atoms with van der Waals surface area (Å²) in [5.74, 6) is 0. The summed E-state index contributed by atoms with van der Waals surface area (Å²) in [6.45, 7) is 0. The van der Waals surface area contributed by atoms with Crippen LogP contribution in [0.5, 0.6) is 0 Å². The summed E-state index contributed by atoms with van der Waals surface area (Å²) >= 11 is 0.0656. The maximum atomic E-state index is 3.49. The summed E-state index contributed by atoms with van der Waals surface area (Å²) in [6, 6.07) is 20.8. The van der Waals surface area contributed by atoms with Gasteiger partial charge in [-0.2, -0.15) is 0 Å². The number of hydrogen-bond acceptors (Lipinski definition) is 1. The topological polar surface area (TPSA) is 12.0 Å². The van der Waals surface area contributed by atoms with Gasteiger partial charge in [0.2, 0.25) is 0 Å². The highest BCUT2D eigenvalue weighted by Crippen LogP contribution is 2.14. The van der Waals surface area contributed by atoms with Gasteiger partial charge in [0.05, 0.1) is 5.69 Å². The Labute approximate surface area is 93.6 Å². The maximum Gasteiger partial charge on any atom is 0.181 e. The minimum absolute atomic E-state index is 0.0656. The molecule has 0 fully saturated rings. The molecule has 1 N–H and O–H groups in total. The minimum atomic E-state index is 0.0656. The minimum Gasteiger partial charge on any atom is -0.202 e. The van der Waals surface area contributed by atoms with Gasteiger partial charge in [0.25, 0.3) is 0 Å². The van der Waals surface area contributed by atoms with Crippen LogP contribution in [0, 0.1) is 0 Å². The van der Waals surface area contributed by atoms with Gasteiger partial charge in [0, 0.05) is 0 Å². The molecule has 2 heteroatoms. The van der Waals surface area contributed by atoms with Crippen LogP contribution in [-0.2, 0) is 11.1 Å². The van der Waals surface area contributed by atoms with Gasteiger partial charge < -0.3 is 0 Å². The van der Waals surface area contributed by atoms with Crippen LogP contribution < -0.4 is 4.72 Å². The molecule has 1 atom stereocenters. The molecular weight excluding hydrogens is 202 g/mol. The zero-order valence-electron chi connectivity index (χ0n) is 8.68. The highest BCUT2D eigenvalue weighted by molar-refractivity contribution is 7.97. The Balaban J connectivity index is 2.08. The molecule has 0 amide bonds. The first-order valence-electron chi connectivity index (χ1n) is 4.89. The molecule has 0 aliphatic rings. The SMILES string of the molecule is C[S+](Nc1ccccc1)c1ccccc1. The zero-order valence-corrected chi connectivity index (χ0v) is 9.50. The van der Waals surface area contributed by atoms with E-state index < -0.39 is 0 Å². The Bertz CT molecular complexity index is 399. The molecule has 0 aliphatic carbocycles. The fraction of sp³-hybridized carbons (Fsp3) is 0.0769. The number of benzene rings is 2. The molecule has 0 heterocycles. The summed E-state index contributed by atoms with van der Waals surface area (Å²) < 4.78 is 3.49. The first kappa shape index (κ1) is 10.1. The van der Waals surface area contributed by atoms with Crippen LogP contribution in [0.4, 0.5) is 5.69 Å². The number of nitrogens with one attached hydrogen (secondary N) is 1. The van der Waals surface area contributed by atoms with Crippen molar-refractivity contribution in [1.82, 2.24) is 0 Å². The standard InChI is InChI=1S/C13H14NS/c1-15(13-10-6-3-7-11-13)14-12-8-4-2-5-9-12/h2-11,14H,1H3/q+1. The van der Waals surface area contributed by atoms with E-state index in [1.54, 1.807) is 0 Å². The molecule has 76 valence electrons. The van der Waals surface area contributed by atoms with E-state index in [1.165, 1.54) is 10.6 Å². The number of para-hydroxylation sites is 1. The van der Waals surface area contributed by atoms with E-state index in [0.29, 0.717) is 0 Å². The fourth-order valence-corrected chi connectivity index (χ4v) is 2.54. The van der Waals surface area contributed by atoms with Gasteiger partial charge in [-0.15, -0.1) is 0 Å². The molecular formula is C13H14NS+. The van der Waals surface area contributed by atoms with Gasteiger partial charge in [-0.3, -0.25) is 0 Å². The third kappa shape index (κ3) is 2.77.